The van der Waals surface area contributed by atoms with Crippen LogP contribution in [0.25, 0.3) is 0 Å². The zero-order chi connectivity index (χ0) is 15.0. The lowest BCUT2D eigenvalue weighted by Gasteiger charge is -2.17. The minimum atomic E-state index is -0.120. The van der Waals surface area contributed by atoms with Gasteiger partial charge in [0.15, 0.2) is 0 Å². The zero-order valence-corrected chi connectivity index (χ0v) is 13.5. The normalized spacial score (nSPS) is 11.7. The van der Waals surface area contributed by atoms with Crippen LogP contribution in [0.5, 0.6) is 0 Å². The molecule has 5 nitrogen and oxygen atoms in total. The lowest BCUT2D eigenvalue weighted by atomic mass is 9.96. The molecule has 1 rings (SSSR count). The fourth-order valence-electron chi connectivity index (χ4n) is 1.48. The molecule has 1 heterocycles. The lowest BCUT2D eigenvalue weighted by Crippen LogP contribution is -2.17. The fourth-order valence-corrected chi connectivity index (χ4v) is 1.66. The van der Waals surface area contributed by atoms with Crippen LogP contribution >= 0.6 is 11.6 Å². The number of halogens is 1. The highest BCUT2D eigenvalue weighted by Crippen LogP contribution is 2.22. The monoisotopic (exact) mass is 301 g/mol. The molecule has 0 aliphatic rings. The van der Waals surface area contributed by atoms with Crippen molar-refractivity contribution in [2.24, 2.45) is 0 Å². The number of nitrogens with one attached hydrogen (secondary N) is 1. The topological polar surface area (TPSA) is 56.3 Å². The standard InChI is InChI=1S/C14H24ClN3O2/c1-14(2,3)13-17-11(15)10-12(18-13)16-6-5-7-20-9-8-19-4/h10H,5-9H2,1-4H3,(H,16,17,18). The molecule has 0 spiro atoms. The molecule has 0 atom stereocenters. The van der Waals surface area contributed by atoms with Crippen molar-refractivity contribution in [3.63, 3.8) is 0 Å². The number of rotatable bonds is 8. The summed E-state index contributed by atoms with van der Waals surface area (Å²) in [7, 11) is 1.66. The van der Waals surface area contributed by atoms with E-state index in [2.05, 4.69) is 36.1 Å². The van der Waals surface area contributed by atoms with Gasteiger partial charge in [-0.1, -0.05) is 32.4 Å². The first kappa shape index (κ1) is 17.1. The molecular weight excluding hydrogens is 278 g/mol. The number of anilines is 1. The van der Waals surface area contributed by atoms with Crippen molar-refractivity contribution >= 4 is 17.4 Å². The fraction of sp³-hybridized carbons (Fsp3) is 0.714. The number of ether oxygens (including phenoxy) is 2. The van der Waals surface area contributed by atoms with E-state index in [1.165, 1.54) is 0 Å². The Hall–Kier alpha value is -0.910. The highest BCUT2D eigenvalue weighted by Gasteiger charge is 2.18. The van der Waals surface area contributed by atoms with E-state index in [4.69, 9.17) is 21.1 Å². The molecule has 0 fully saturated rings. The first-order chi connectivity index (χ1) is 9.43. The smallest absolute Gasteiger partial charge is 0.137 e. The minimum absolute atomic E-state index is 0.120. The van der Waals surface area contributed by atoms with Gasteiger partial charge < -0.3 is 14.8 Å². The molecule has 0 saturated carbocycles. The largest absolute Gasteiger partial charge is 0.382 e. The van der Waals surface area contributed by atoms with Gasteiger partial charge in [-0.15, -0.1) is 0 Å². The second kappa shape index (κ2) is 8.39. The summed E-state index contributed by atoms with van der Waals surface area (Å²) in [6.07, 6.45) is 0.899. The molecule has 0 radical (unpaired) electrons. The lowest BCUT2D eigenvalue weighted by molar-refractivity contribution is 0.0705. The maximum atomic E-state index is 6.02. The molecule has 1 aromatic rings. The molecule has 1 aromatic heterocycles. The van der Waals surface area contributed by atoms with Gasteiger partial charge in [-0.3, -0.25) is 0 Å². The van der Waals surface area contributed by atoms with Crippen LogP contribution in [0.15, 0.2) is 6.07 Å². The van der Waals surface area contributed by atoms with Crippen LogP contribution in [0.3, 0.4) is 0 Å². The van der Waals surface area contributed by atoms with Crippen LogP contribution in [0.1, 0.15) is 33.0 Å². The summed E-state index contributed by atoms with van der Waals surface area (Å²) in [5, 5.41) is 3.70. The summed E-state index contributed by atoms with van der Waals surface area (Å²) >= 11 is 6.02. The van der Waals surface area contributed by atoms with Crippen LogP contribution in [0.2, 0.25) is 5.15 Å². The Morgan fingerprint density at radius 1 is 1.20 bits per heavy atom. The van der Waals surface area contributed by atoms with Gasteiger partial charge in [0.05, 0.1) is 13.2 Å². The van der Waals surface area contributed by atoms with Gasteiger partial charge in [-0.05, 0) is 6.42 Å². The summed E-state index contributed by atoms with van der Waals surface area (Å²) in [4.78, 5) is 8.74. The Kier molecular flexibility index (Phi) is 7.19. The van der Waals surface area contributed by atoms with Crippen molar-refractivity contribution in [1.29, 1.82) is 0 Å². The summed E-state index contributed by atoms with van der Waals surface area (Å²) in [6.45, 7) is 8.92. The Morgan fingerprint density at radius 2 is 1.95 bits per heavy atom. The van der Waals surface area contributed by atoms with E-state index in [9.17, 15) is 0 Å². The third-order valence-electron chi connectivity index (χ3n) is 2.57. The molecule has 20 heavy (non-hydrogen) atoms. The van der Waals surface area contributed by atoms with Crippen LogP contribution in [-0.4, -0.2) is 43.4 Å². The summed E-state index contributed by atoms with van der Waals surface area (Å²) < 4.78 is 10.3. The van der Waals surface area contributed by atoms with E-state index < -0.39 is 0 Å². The van der Waals surface area contributed by atoms with E-state index >= 15 is 0 Å². The molecule has 0 aliphatic carbocycles. The first-order valence-electron chi connectivity index (χ1n) is 6.79. The Bertz CT molecular complexity index is 408. The minimum Gasteiger partial charge on any atom is -0.382 e. The van der Waals surface area contributed by atoms with Crippen molar-refractivity contribution in [1.82, 2.24) is 9.97 Å². The summed E-state index contributed by atoms with van der Waals surface area (Å²) in [6, 6.07) is 1.74. The first-order valence-corrected chi connectivity index (χ1v) is 7.17. The van der Waals surface area contributed by atoms with E-state index in [0.717, 1.165) is 24.6 Å². The van der Waals surface area contributed by atoms with E-state index in [1.807, 2.05) is 0 Å². The Morgan fingerprint density at radius 3 is 2.60 bits per heavy atom. The maximum absolute atomic E-state index is 6.02. The van der Waals surface area contributed by atoms with Crippen molar-refractivity contribution < 1.29 is 9.47 Å². The predicted octanol–water partition coefficient (Wildman–Crippen LogP) is 2.89. The molecule has 0 saturated heterocycles. The number of aromatic nitrogens is 2. The predicted molar refractivity (Wildman–Crippen MR) is 81.5 cm³/mol. The Balaban J connectivity index is 2.39. The Labute approximate surface area is 126 Å². The summed E-state index contributed by atoms with van der Waals surface area (Å²) in [5.41, 5.74) is -0.120. The molecule has 0 aromatic carbocycles. The van der Waals surface area contributed by atoms with E-state index in [-0.39, 0.29) is 5.41 Å². The third-order valence-corrected chi connectivity index (χ3v) is 2.76. The molecule has 0 aliphatic heterocycles. The van der Waals surface area contributed by atoms with Crippen molar-refractivity contribution in [2.45, 2.75) is 32.6 Å². The van der Waals surface area contributed by atoms with Crippen LogP contribution in [0, 0.1) is 0 Å². The van der Waals surface area contributed by atoms with Crippen LogP contribution < -0.4 is 5.32 Å². The van der Waals surface area contributed by atoms with Gasteiger partial charge in [0, 0.05) is 31.7 Å². The van der Waals surface area contributed by atoms with Gasteiger partial charge in [-0.25, -0.2) is 9.97 Å². The van der Waals surface area contributed by atoms with Gasteiger partial charge >= 0.3 is 0 Å². The quantitative estimate of drug-likeness (QED) is 0.591. The molecule has 0 amide bonds. The third kappa shape index (κ3) is 6.50. The van der Waals surface area contributed by atoms with Crippen molar-refractivity contribution in [2.75, 3.05) is 38.8 Å². The van der Waals surface area contributed by atoms with Gasteiger partial charge in [0.2, 0.25) is 0 Å². The SMILES string of the molecule is COCCOCCCNc1cc(Cl)nc(C(C)(C)C)n1. The van der Waals surface area contributed by atoms with Crippen molar-refractivity contribution in [3.8, 4) is 0 Å². The van der Waals surface area contributed by atoms with Crippen molar-refractivity contribution in [3.05, 3.63) is 17.0 Å². The van der Waals surface area contributed by atoms with E-state index in [1.54, 1.807) is 13.2 Å². The highest BCUT2D eigenvalue weighted by atomic mass is 35.5. The average molecular weight is 302 g/mol. The summed E-state index contributed by atoms with van der Waals surface area (Å²) in [5.74, 6) is 1.50. The molecule has 0 unspecified atom stereocenters. The molecule has 0 bridgehead atoms. The highest BCUT2D eigenvalue weighted by molar-refractivity contribution is 6.29. The second-order valence-corrected chi connectivity index (χ2v) is 5.92. The number of hydrogen-bond acceptors (Lipinski definition) is 5. The van der Waals surface area contributed by atoms with Crippen LogP contribution in [0.4, 0.5) is 5.82 Å². The molecule has 1 N–H and O–H groups in total. The second-order valence-electron chi connectivity index (χ2n) is 5.54. The number of methoxy groups -OCH3 is 1. The van der Waals surface area contributed by atoms with Gasteiger partial charge in [0.25, 0.3) is 0 Å². The zero-order valence-electron chi connectivity index (χ0n) is 12.7. The maximum Gasteiger partial charge on any atom is 0.137 e. The van der Waals surface area contributed by atoms with E-state index in [0.29, 0.717) is 25.0 Å². The van der Waals surface area contributed by atoms with Gasteiger partial charge in [0.1, 0.15) is 16.8 Å². The van der Waals surface area contributed by atoms with Gasteiger partial charge in [-0.2, -0.15) is 0 Å². The van der Waals surface area contributed by atoms with Crippen LogP contribution in [-0.2, 0) is 14.9 Å². The average Bonchev–Trinajstić information content (AvgIpc) is 2.36. The molecular formula is C14H24ClN3O2. The molecule has 114 valence electrons. The number of nitrogens with zero attached hydrogens (tertiary/aromatic N) is 2. The molecule has 6 heteroatoms. The number of hydrogen-bond donors (Lipinski definition) is 1.